The maximum absolute atomic E-state index is 5.82. The standard InChI is InChI=1S/C17H21N3/c1-12-8-17(19-10-16(12)18)20(2)11-13-6-7-14-4-3-5-15(14)9-13/h6-10H,3-5,11,18H2,1-2H3. The molecule has 0 saturated heterocycles. The van der Waals surface area contributed by atoms with Crippen LogP contribution >= 0.6 is 0 Å². The van der Waals surface area contributed by atoms with Crippen molar-refractivity contribution in [2.45, 2.75) is 32.7 Å². The van der Waals surface area contributed by atoms with Crippen LogP contribution in [0.15, 0.2) is 30.5 Å². The molecule has 1 aromatic carbocycles. The number of pyridine rings is 1. The predicted molar refractivity (Wildman–Crippen MR) is 84.0 cm³/mol. The van der Waals surface area contributed by atoms with Crippen molar-refractivity contribution in [2.24, 2.45) is 0 Å². The Hall–Kier alpha value is -2.03. The number of aryl methyl sites for hydroxylation is 3. The molecule has 0 aliphatic heterocycles. The number of nitrogens with zero attached hydrogens (tertiary/aromatic N) is 2. The highest BCUT2D eigenvalue weighted by atomic mass is 15.2. The quantitative estimate of drug-likeness (QED) is 0.929. The van der Waals surface area contributed by atoms with Crippen LogP contribution in [0.1, 0.15) is 28.7 Å². The van der Waals surface area contributed by atoms with Gasteiger partial charge in [-0.3, -0.25) is 0 Å². The Bertz CT molecular complexity index is 634. The van der Waals surface area contributed by atoms with Crippen molar-refractivity contribution in [3.05, 3.63) is 52.7 Å². The van der Waals surface area contributed by atoms with Crippen molar-refractivity contribution in [2.75, 3.05) is 17.7 Å². The summed E-state index contributed by atoms with van der Waals surface area (Å²) in [6, 6.07) is 8.92. The molecule has 1 aromatic heterocycles. The number of hydrogen-bond donors (Lipinski definition) is 1. The first-order valence-corrected chi connectivity index (χ1v) is 7.17. The highest BCUT2D eigenvalue weighted by Gasteiger charge is 2.12. The van der Waals surface area contributed by atoms with Crippen molar-refractivity contribution in [3.63, 3.8) is 0 Å². The minimum Gasteiger partial charge on any atom is -0.397 e. The van der Waals surface area contributed by atoms with Crippen molar-refractivity contribution in [1.29, 1.82) is 0 Å². The van der Waals surface area contributed by atoms with Gasteiger partial charge in [-0.05, 0) is 54.5 Å². The zero-order valence-electron chi connectivity index (χ0n) is 12.2. The minimum atomic E-state index is 0.750. The van der Waals surface area contributed by atoms with E-state index in [2.05, 4.69) is 35.1 Å². The first-order valence-electron chi connectivity index (χ1n) is 7.17. The molecule has 1 heterocycles. The summed E-state index contributed by atoms with van der Waals surface area (Å²) < 4.78 is 0. The summed E-state index contributed by atoms with van der Waals surface area (Å²) in [5, 5.41) is 0. The molecule has 3 nitrogen and oxygen atoms in total. The van der Waals surface area contributed by atoms with Gasteiger partial charge in [-0.2, -0.15) is 0 Å². The van der Waals surface area contributed by atoms with E-state index in [0.717, 1.165) is 23.6 Å². The van der Waals surface area contributed by atoms with E-state index >= 15 is 0 Å². The second kappa shape index (κ2) is 5.16. The third kappa shape index (κ3) is 2.48. The molecule has 3 heteroatoms. The average Bonchev–Trinajstić information content (AvgIpc) is 2.89. The predicted octanol–water partition coefficient (Wildman–Crippen LogP) is 3.10. The molecule has 2 N–H and O–H groups in total. The van der Waals surface area contributed by atoms with E-state index in [1.54, 1.807) is 6.20 Å². The largest absolute Gasteiger partial charge is 0.397 e. The maximum atomic E-state index is 5.82. The molecule has 2 aromatic rings. The van der Waals surface area contributed by atoms with Gasteiger partial charge in [0.1, 0.15) is 5.82 Å². The van der Waals surface area contributed by atoms with E-state index in [1.165, 1.54) is 36.0 Å². The number of benzene rings is 1. The molecule has 0 spiro atoms. The van der Waals surface area contributed by atoms with Crippen LogP contribution in [0.25, 0.3) is 0 Å². The van der Waals surface area contributed by atoms with Gasteiger partial charge in [0.15, 0.2) is 0 Å². The molecule has 3 rings (SSSR count). The number of nitrogen functional groups attached to an aromatic ring is 1. The van der Waals surface area contributed by atoms with E-state index < -0.39 is 0 Å². The molecule has 0 unspecified atom stereocenters. The minimum absolute atomic E-state index is 0.750. The van der Waals surface area contributed by atoms with Crippen LogP contribution in [-0.4, -0.2) is 12.0 Å². The molecular formula is C17H21N3. The number of nitrogens with two attached hydrogens (primary N) is 1. The van der Waals surface area contributed by atoms with E-state index in [-0.39, 0.29) is 0 Å². The highest BCUT2D eigenvalue weighted by molar-refractivity contribution is 5.52. The molecule has 104 valence electrons. The Morgan fingerprint density at radius 1 is 1.20 bits per heavy atom. The molecule has 0 bridgehead atoms. The number of anilines is 2. The van der Waals surface area contributed by atoms with Crippen LogP contribution in [0.3, 0.4) is 0 Å². The fraction of sp³-hybridized carbons (Fsp3) is 0.353. The van der Waals surface area contributed by atoms with E-state index in [4.69, 9.17) is 5.73 Å². The van der Waals surface area contributed by atoms with Gasteiger partial charge in [0, 0.05) is 13.6 Å². The summed E-state index contributed by atoms with van der Waals surface area (Å²) in [5.74, 6) is 0.970. The molecule has 1 aliphatic rings. The molecule has 0 atom stereocenters. The Morgan fingerprint density at radius 2 is 2.00 bits per heavy atom. The van der Waals surface area contributed by atoms with Crippen LogP contribution in [0, 0.1) is 6.92 Å². The van der Waals surface area contributed by atoms with Crippen LogP contribution < -0.4 is 10.6 Å². The lowest BCUT2D eigenvalue weighted by Gasteiger charge is -2.19. The number of hydrogen-bond acceptors (Lipinski definition) is 3. The lowest BCUT2D eigenvalue weighted by Crippen LogP contribution is -2.18. The molecule has 0 amide bonds. The first kappa shape index (κ1) is 13.0. The van der Waals surface area contributed by atoms with Crippen LogP contribution in [0.2, 0.25) is 0 Å². The van der Waals surface area contributed by atoms with Crippen molar-refractivity contribution < 1.29 is 0 Å². The Balaban J connectivity index is 1.78. The third-order valence-electron chi connectivity index (χ3n) is 4.11. The van der Waals surface area contributed by atoms with Gasteiger partial charge in [0.2, 0.25) is 0 Å². The topological polar surface area (TPSA) is 42.2 Å². The average molecular weight is 267 g/mol. The second-order valence-electron chi connectivity index (χ2n) is 5.71. The Labute approximate surface area is 120 Å². The van der Waals surface area contributed by atoms with E-state index in [9.17, 15) is 0 Å². The molecule has 1 aliphatic carbocycles. The smallest absolute Gasteiger partial charge is 0.128 e. The normalized spacial score (nSPS) is 13.3. The second-order valence-corrected chi connectivity index (χ2v) is 5.71. The van der Waals surface area contributed by atoms with Crippen LogP contribution in [-0.2, 0) is 19.4 Å². The summed E-state index contributed by atoms with van der Waals surface area (Å²) in [6.45, 7) is 2.90. The van der Waals surface area contributed by atoms with Gasteiger partial charge in [0.25, 0.3) is 0 Å². The van der Waals surface area contributed by atoms with Gasteiger partial charge in [0.05, 0.1) is 11.9 Å². The lowest BCUT2D eigenvalue weighted by atomic mass is 10.1. The number of fused-ring (bicyclic) bond motifs is 1. The molecule has 0 fully saturated rings. The van der Waals surface area contributed by atoms with Crippen molar-refractivity contribution >= 4 is 11.5 Å². The Kier molecular flexibility index (Phi) is 3.35. The van der Waals surface area contributed by atoms with E-state index in [1.807, 2.05) is 13.0 Å². The number of aromatic nitrogens is 1. The summed E-state index contributed by atoms with van der Waals surface area (Å²) in [7, 11) is 2.07. The number of rotatable bonds is 3. The zero-order chi connectivity index (χ0) is 14.1. The molecule has 0 radical (unpaired) electrons. The maximum Gasteiger partial charge on any atom is 0.128 e. The van der Waals surface area contributed by atoms with E-state index in [0.29, 0.717) is 0 Å². The summed E-state index contributed by atoms with van der Waals surface area (Å²) >= 11 is 0. The van der Waals surface area contributed by atoms with Gasteiger partial charge >= 0.3 is 0 Å². The molecule has 0 saturated carbocycles. The van der Waals surface area contributed by atoms with Gasteiger partial charge in [-0.25, -0.2) is 4.98 Å². The fourth-order valence-electron chi connectivity index (χ4n) is 2.84. The monoisotopic (exact) mass is 267 g/mol. The van der Waals surface area contributed by atoms with Gasteiger partial charge in [-0.15, -0.1) is 0 Å². The SMILES string of the molecule is Cc1cc(N(C)Cc2ccc3c(c2)CCC3)ncc1N. The summed E-state index contributed by atoms with van der Waals surface area (Å²) in [5.41, 5.74) is 12.1. The zero-order valence-corrected chi connectivity index (χ0v) is 12.2. The van der Waals surface area contributed by atoms with Gasteiger partial charge < -0.3 is 10.6 Å². The molecular weight excluding hydrogens is 246 g/mol. The lowest BCUT2D eigenvalue weighted by molar-refractivity contribution is 0.892. The summed E-state index contributed by atoms with van der Waals surface area (Å²) in [6.07, 6.45) is 5.51. The van der Waals surface area contributed by atoms with Crippen molar-refractivity contribution in [1.82, 2.24) is 4.98 Å². The Morgan fingerprint density at radius 3 is 2.80 bits per heavy atom. The third-order valence-corrected chi connectivity index (χ3v) is 4.11. The van der Waals surface area contributed by atoms with Crippen LogP contribution in [0.4, 0.5) is 11.5 Å². The highest BCUT2D eigenvalue weighted by Crippen LogP contribution is 2.24. The van der Waals surface area contributed by atoms with Crippen LogP contribution in [0.5, 0.6) is 0 Å². The van der Waals surface area contributed by atoms with Gasteiger partial charge in [-0.1, -0.05) is 18.2 Å². The summed E-state index contributed by atoms with van der Waals surface area (Å²) in [4.78, 5) is 6.58. The molecule has 20 heavy (non-hydrogen) atoms. The first-order chi connectivity index (χ1) is 9.63. The fourth-order valence-corrected chi connectivity index (χ4v) is 2.84. The van der Waals surface area contributed by atoms with Crippen molar-refractivity contribution in [3.8, 4) is 0 Å².